The molecule has 11 nitrogen and oxygen atoms in total. The van der Waals surface area contributed by atoms with Crippen molar-refractivity contribution in [1.82, 2.24) is 39.0 Å². The lowest BCUT2D eigenvalue weighted by Crippen LogP contribution is -2.27. The van der Waals surface area contributed by atoms with Gasteiger partial charge in [0, 0.05) is 55.4 Å². The maximum Gasteiger partial charge on any atom is 0.260 e. The first kappa shape index (κ1) is 27.4. The third-order valence-electron chi connectivity index (χ3n) is 7.92. The normalized spacial score (nSPS) is 16.7. The highest BCUT2D eigenvalue weighted by Crippen LogP contribution is 2.36. The molecule has 0 spiro atoms. The number of aliphatic hydroxyl groups is 1. The van der Waals surface area contributed by atoms with Crippen LogP contribution in [0, 0.1) is 6.92 Å². The molecule has 1 fully saturated rings. The molecule has 5 aromatic rings. The van der Waals surface area contributed by atoms with Gasteiger partial charge in [-0.15, -0.1) is 5.10 Å². The van der Waals surface area contributed by atoms with Crippen molar-refractivity contribution in [3.63, 3.8) is 0 Å². The summed E-state index contributed by atoms with van der Waals surface area (Å²) in [6, 6.07) is 7.66. The van der Waals surface area contributed by atoms with Crippen LogP contribution >= 0.6 is 11.6 Å². The molecule has 1 aliphatic rings. The molecule has 1 aromatic carbocycles. The van der Waals surface area contributed by atoms with E-state index in [1.54, 1.807) is 24.1 Å². The summed E-state index contributed by atoms with van der Waals surface area (Å²) in [5.41, 5.74) is 4.11. The van der Waals surface area contributed by atoms with Crippen molar-refractivity contribution in [1.29, 1.82) is 0 Å². The van der Waals surface area contributed by atoms with Gasteiger partial charge in [-0.05, 0) is 56.5 Å². The molecule has 214 valence electrons. The topological polar surface area (TPSA) is 119 Å². The van der Waals surface area contributed by atoms with Crippen molar-refractivity contribution in [2.24, 2.45) is 7.05 Å². The number of halogens is 1. The summed E-state index contributed by atoms with van der Waals surface area (Å²) < 4.78 is 5.49. The molecule has 0 bridgehead atoms. The monoisotopic (exact) mass is 575 g/mol. The molecule has 5 heterocycles. The van der Waals surface area contributed by atoms with Crippen molar-refractivity contribution in [3.8, 4) is 11.5 Å². The number of anilines is 1. The summed E-state index contributed by atoms with van der Waals surface area (Å²) in [6.45, 7) is 9.08. The van der Waals surface area contributed by atoms with E-state index in [4.69, 9.17) is 16.7 Å². The van der Waals surface area contributed by atoms with Crippen molar-refractivity contribution in [3.05, 3.63) is 63.4 Å². The number of hydrogen-bond acceptors (Lipinski definition) is 8. The Bertz CT molecular complexity index is 1810. The van der Waals surface area contributed by atoms with Crippen molar-refractivity contribution < 1.29 is 5.11 Å². The number of β-amino-alcohol motifs (C(OH)–C–C–N with tert-alkyl or cyclic N) is 1. The second kappa shape index (κ2) is 10.9. The summed E-state index contributed by atoms with van der Waals surface area (Å²) in [6.07, 6.45) is 4.44. The number of aryl methyl sites for hydroxylation is 3. The standard InChI is InChI=1S/C29H34ClN9O2/c1-5-38-28-22(14-32-39(28)19-8-9-37(15-19)10-11-40)25-20(12-17(2)13-21(25)29(38)41)18(3)33-23-6-7-24(30)34-26(23)27-31-16-36(4)35-27/h6-7,12-14,16,18-19,33,40H,5,8-11,15H2,1-4H3. The van der Waals surface area contributed by atoms with Crippen LogP contribution in [0.25, 0.3) is 33.3 Å². The minimum absolute atomic E-state index is 0.0226. The number of nitrogens with one attached hydrogen (secondary N) is 1. The highest BCUT2D eigenvalue weighted by atomic mass is 35.5. The van der Waals surface area contributed by atoms with Crippen LogP contribution in [-0.2, 0) is 13.6 Å². The Hall–Kier alpha value is -3.80. The second-order valence-electron chi connectivity index (χ2n) is 10.8. The Morgan fingerprint density at radius 1 is 1.24 bits per heavy atom. The predicted octanol–water partition coefficient (Wildman–Crippen LogP) is 3.94. The fourth-order valence-electron chi connectivity index (χ4n) is 6.07. The van der Waals surface area contributed by atoms with E-state index in [9.17, 15) is 9.90 Å². The molecule has 2 atom stereocenters. The zero-order chi connectivity index (χ0) is 28.8. The molecule has 41 heavy (non-hydrogen) atoms. The van der Waals surface area contributed by atoms with Crippen molar-refractivity contribution in [2.75, 3.05) is 31.6 Å². The number of benzene rings is 1. The SMILES string of the molecule is CCn1c(=O)c2cc(C)cc(C(C)Nc3ccc(Cl)nc3-c3ncn(C)n3)c2c2cnn(C3CCN(CCO)C3)c21. The average molecular weight is 576 g/mol. The lowest BCUT2D eigenvalue weighted by atomic mass is 9.95. The van der Waals surface area contributed by atoms with Crippen LogP contribution < -0.4 is 10.9 Å². The lowest BCUT2D eigenvalue weighted by molar-refractivity contribution is 0.217. The summed E-state index contributed by atoms with van der Waals surface area (Å²) in [4.78, 5) is 25.1. The molecule has 1 saturated heterocycles. The van der Waals surface area contributed by atoms with Gasteiger partial charge in [-0.1, -0.05) is 17.7 Å². The van der Waals surface area contributed by atoms with Gasteiger partial charge < -0.3 is 10.4 Å². The van der Waals surface area contributed by atoms with E-state index in [0.29, 0.717) is 35.1 Å². The van der Waals surface area contributed by atoms with Gasteiger partial charge in [0.2, 0.25) is 5.82 Å². The van der Waals surface area contributed by atoms with E-state index >= 15 is 0 Å². The van der Waals surface area contributed by atoms with Crippen molar-refractivity contribution >= 4 is 39.1 Å². The third kappa shape index (κ3) is 4.87. The molecule has 0 radical (unpaired) electrons. The lowest BCUT2D eigenvalue weighted by Gasteiger charge is -2.22. The molecular weight excluding hydrogens is 542 g/mol. The number of fused-ring (bicyclic) bond motifs is 3. The number of nitrogens with zero attached hydrogens (tertiary/aromatic N) is 8. The van der Waals surface area contributed by atoms with Crippen LogP contribution in [-0.4, -0.2) is 70.3 Å². The molecule has 6 rings (SSSR count). The number of rotatable bonds is 8. The molecule has 2 unspecified atom stereocenters. The number of likely N-dealkylation sites (tertiary alicyclic amines) is 1. The minimum atomic E-state index is -0.196. The van der Waals surface area contributed by atoms with Crippen LogP contribution in [0.3, 0.4) is 0 Å². The molecule has 0 aliphatic carbocycles. The number of aliphatic hydroxyl groups excluding tert-OH is 1. The zero-order valence-corrected chi connectivity index (χ0v) is 24.4. The molecule has 0 amide bonds. The Morgan fingerprint density at radius 2 is 2.07 bits per heavy atom. The van der Waals surface area contributed by atoms with Crippen molar-refractivity contribution in [2.45, 2.75) is 45.8 Å². The number of aromatic nitrogens is 7. The van der Waals surface area contributed by atoms with E-state index in [2.05, 4.69) is 38.3 Å². The Balaban J connectivity index is 1.49. The summed E-state index contributed by atoms with van der Waals surface area (Å²) in [7, 11) is 1.81. The van der Waals surface area contributed by atoms with Crippen LogP contribution in [0.2, 0.25) is 5.15 Å². The Morgan fingerprint density at radius 3 is 2.80 bits per heavy atom. The second-order valence-corrected chi connectivity index (χ2v) is 11.1. The minimum Gasteiger partial charge on any atom is -0.395 e. The average Bonchev–Trinajstić information content (AvgIpc) is 3.70. The zero-order valence-electron chi connectivity index (χ0n) is 23.7. The summed E-state index contributed by atoms with van der Waals surface area (Å²) >= 11 is 6.26. The first-order chi connectivity index (χ1) is 19.8. The Kier molecular flexibility index (Phi) is 7.27. The van der Waals surface area contributed by atoms with E-state index in [-0.39, 0.29) is 24.2 Å². The molecule has 12 heteroatoms. The third-order valence-corrected chi connectivity index (χ3v) is 8.13. The van der Waals surface area contributed by atoms with Gasteiger partial charge in [-0.3, -0.25) is 18.9 Å². The van der Waals surface area contributed by atoms with Crippen LogP contribution in [0.4, 0.5) is 5.69 Å². The van der Waals surface area contributed by atoms with Gasteiger partial charge >= 0.3 is 0 Å². The van der Waals surface area contributed by atoms with Gasteiger partial charge in [-0.25, -0.2) is 14.6 Å². The van der Waals surface area contributed by atoms with Crippen LogP contribution in [0.5, 0.6) is 0 Å². The quantitative estimate of drug-likeness (QED) is 0.267. The highest BCUT2D eigenvalue weighted by molar-refractivity contribution is 6.29. The number of hydrogen-bond donors (Lipinski definition) is 2. The molecule has 4 aromatic heterocycles. The maximum atomic E-state index is 14.0. The van der Waals surface area contributed by atoms with Gasteiger partial charge in [0.05, 0.1) is 24.5 Å². The summed E-state index contributed by atoms with van der Waals surface area (Å²) in [5, 5.41) is 25.2. The largest absolute Gasteiger partial charge is 0.395 e. The van der Waals surface area contributed by atoms with Gasteiger partial charge in [0.25, 0.3) is 5.56 Å². The number of pyridine rings is 2. The van der Waals surface area contributed by atoms with E-state index in [1.807, 2.05) is 41.4 Å². The van der Waals surface area contributed by atoms with Gasteiger partial charge in [-0.2, -0.15) is 5.10 Å². The maximum absolute atomic E-state index is 14.0. The smallest absolute Gasteiger partial charge is 0.260 e. The van der Waals surface area contributed by atoms with Gasteiger partial charge in [0.15, 0.2) is 0 Å². The fraction of sp³-hybridized carbons (Fsp3) is 0.414. The van der Waals surface area contributed by atoms with Crippen LogP contribution in [0.1, 0.15) is 43.5 Å². The first-order valence-corrected chi connectivity index (χ1v) is 14.3. The van der Waals surface area contributed by atoms with E-state index in [0.717, 1.165) is 52.7 Å². The molecule has 0 saturated carbocycles. The molecule has 1 aliphatic heterocycles. The predicted molar refractivity (Wildman–Crippen MR) is 160 cm³/mol. The fourth-order valence-corrected chi connectivity index (χ4v) is 6.21. The van der Waals surface area contributed by atoms with E-state index in [1.165, 1.54) is 0 Å². The summed E-state index contributed by atoms with van der Waals surface area (Å²) in [5.74, 6) is 0.472. The Labute approximate surface area is 242 Å². The van der Waals surface area contributed by atoms with Gasteiger partial charge in [0.1, 0.15) is 22.8 Å². The molecule has 2 N–H and O–H groups in total. The molecular formula is C29H34ClN9O2. The first-order valence-electron chi connectivity index (χ1n) is 14.0. The highest BCUT2D eigenvalue weighted by Gasteiger charge is 2.28. The van der Waals surface area contributed by atoms with Crippen LogP contribution in [0.15, 0.2) is 41.6 Å². The van der Waals surface area contributed by atoms with E-state index < -0.39 is 0 Å².